The molecule has 0 fully saturated rings. The van der Waals surface area contributed by atoms with Crippen molar-refractivity contribution in [2.75, 3.05) is 11.9 Å². The molecule has 0 saturated heterocycles. The highest BCUT2D eigenvalue weighted by Gasteiger charge is 2.15. The Labute approximate surface area is 95.5 Å². The summed E-state index contributed by atoms with van der Waals surface area (Å²) in [4.78, 5) is 4.55. The van der Waals surface area contributed by atoms with E-state index in [0.717, 1.165) is 0 Å². The van der Waals surface area contributed by atoms with Gasteiger partial charge in [-0.15, -0.1) is 0 Å². The van der Waals surface area contributed by atoms with E-state index in [4.69, 9.17) is 4.42 Å². The predicted molar refractivity (Wildman–Crippen MR) is 54.9 cm³/mol. The van der Waals surface area contributed by atoms with Crippen molar-refractivity contribution < 1.29 is 17.6 Å². The summed E-state index contributed by atoms with van der Waals surface area (Å²) < 4.78 is 44.0. The minimum absolute atomic E-state index is 0.210. The number of hydrogen-bond donors (Lipinski definition) is 0. The third-order valence-electron chi connectivity index (χ3n) is 2.20. The van der Waals surface area contributed by atoms with Crippen LogP contribution in [0.15, 0.2) is 28.9 Å². The largest absolute Gasteiger partial charge is 0.467 e. The van der Waals surface area contributed by atoms with Crippen LogP contribution in [0.1, 0.15) is 5.76 Å². The number of nitrogens with zero attached hydrogens (tertiary/aromatic N) is 2. The molecule has 0 aliphatic rings. The Hall–Kier alpha value is -1.98. The fraction of sp³-hybridized carbons (Fsp3) is 0.182. The van der Waals surface area contributed by atoms with Crippen LogP contribution in [0, 0.1) is 17.6 Å². The SMILES string of the molecule is CN(Cc1ccco1)c1nc(F)c(F)cc1F. The highest BCUT2D eigenvalue weighted by molar-refractivity contribution is 5.39. The lowest BCUT2D eigenvalue weighted by atomic mass is 10.3. The van der Waals surface area contributed by atoms with E-state index in [1.807, 2.05) is 0 Å². The normalized spacial score (nSPS) is 10.6. The van der Waals surface area contributed by atoms with Crippen LogP contribution in [0.3, 0.4) is 0 Å². The zero-order valence-corrected chi connectivity index (χ0v) is 8.95. The summed E-state index contributed by atoms with van der Waals surface area (Å²) in [5.41, 5.74) is 0. The van der Waals surface area contributed by atoms with E-state index in [0.29, 0.717) is 11.8 Å². The van der Waals surface area contributed by atoms with E-state index in [-0.39, 0.29) is 12.4 Å². The smallest absolute Gasteiger partial charge is 0.251 e. The van der Waals surface area contributed by atoms with E-state index in [1.165, 1.54) is 18.2 Å². The summed E-state index contributed by atoms with van der Waals surface area (Å²) in [5.74, 6) is -3.25. The monoisotopic (exact) mass is 242 g/mol. The van der Waals surface area contributed by atoms with Crippen LogP contribution in [-0.4, -0.2) is 12.0 Å². The summed E-state index contributed by atoms with van der Waals surface area (Å²) in [6.07, 6.45) is 1.47. The third-order valence-corrected chi connectivity index (χ3v) is 2.20. The number of hydrogen-bond acceptors (Lipinski definition) is 3. The molecule has 0 bridgehead atoms. The summed E-state index contributed by atoms with van der Waals surface area (Å²) in [5, 5.41) is 0. The van der Waals surface area contributed by atoms with Crippen molar-refractivity contribution in [3.8, 4) is 0 Å². The van der Waals surface area contributed by atoms with Gasteiger partial charge >= 0.3 is 0 Å². The highest BCUT2D eigenvalue weighted by atomic mass is 19.2. The number of furan rings is 1. The molecule has 17 heavy (non-hydrogen) atoms. The van der Waals surface area contributed by atoms with E-state index >= 15 is 0 Å². The second-order valence-corrected chi connectivity index (χ2v) is 3.50. The summed E-state index contributed by atoms with van der Waals surface area (Å²) >= 11 is 0. The molecule has 0 spiro atoms. The molecule has 3 nitrogen and oxygen atoms in total. The van der Waals surface area contributed by atoms with Gasteiger partial charge in [0.2, 0.25) is 0 Å². The van der Waals surface area contributed by atoms with Crippen LogP contribution in [0.4, 0.5) is 19.0 Å². The quantitative estimate of drug-likeness (QED) is 0.775. The fourth-order valence-electron chi connectivity index (χ4n) is 1.41. The van der Waals surface area contributed by atoms with E-state index in [1.54, 1.807) is 12.1 Å². The lowest BCUT2D eigenvalue weighted by Crippen LogP contribution is -2.19. The van der Waals surface area contributed by atoms with Crippen molar-refractivity contribution in [2.45, 2.75) is 6.54 Å². The molecule has 6 heteroatoms. The van der Waals surface area contributed by atoms with Gasteiger partial charge < -0.3 is 9.32 Å². The number of pyridine rings is 1. The van der Waals surface area contributed by atoms with Gasteiger partial charge in [0.15, 0.2) is 17.5 Å². The first-order chi connectivity index (χ1) is 8.08. The molecule has 2 aromatic rings. The van der Waals surface area contributed by atoms with E-state index < -0.39 is 17.6 Å². The molecular formula is C11H9F3N2O. The van der Waals surface area contributed by atoms with Crippen molar-refractivity contribution in [1.82, 2.24) is 4.98 Å². The van der Waals surface area contributed by atoms with Crippen LogP contribution in [0.25, 0.3) is 0 Å². The summed E-state index contributed by atoms with van der Waals surface area (Å²) in [6, 6.07) is 3.84. The van der Waals surface area contributed by atoms with Crippen LogP contribution >= 0.6 is 0 Å². The van der Waals surface area contributed by atoms with Gasteiger partial charge in [-0.05, 0) is 12.1 Å². The van der Waals surface area contributed by atoms with Gasteiger partial charge in [-0.2, -0.15) is 9.37 Å². The minimum atomic E-state index is -1.33. The molecule has 0 aliphatic heterocycles. The van der Waals surface area contributed by atoms with Gasteiger partial charge in [0, 0.05) is 13.1 Å². The van der Waals surface area contributed by atoms with E-state index in [2.05, 4.69) is 4.98 Å². The Balaban J connectivity index is 2.24. The first-order valence-corrected chi connectivity index (χ1v) is 4.83. The molecule has 2 rings (SSSR count). The molecule has 0 aliphatic carbocycles. The topological polar surface area (TPSA) is 29.3 Å². The highest BCUT2D eigenvalue weighted by Crippen LogP contribution is 2.19. The number of rotatable bonds is 3. The Bertz CT molecular complexity index is 514. The molecule has 0 radical (unpaired) electrons. The Kier molecular flexibility index (Phi) is 3.03. The molecule has 0 saturated carbocycles. The zero-order chi connectivity index (χ0) is 12.4. The molecule has 0 amide bonds. The standard InChI is InChI=1S/C11H9F3N2O/c1-16(6-7-3-2-4-17-7)11-9(13)5-8(12)10(14)15-11/h2-5H,6H2,1H3. The van der Waals surface area contributed by atoms with Gasteiger partial charge in [0.05, 0.1) is 12.8 Å². The van der Waals surface area contributed by atoms with Gasteiger partial charge in [0.25, 0.3) is 5.95 Å². The van der Waals surface area contributed by atoms with Gasteiger partial charge in [-0.3, -0.25) is 0 Å². The molecule has 90 valence electrons. The van der Waals surface area contributed by atoms with Crippen LogP contribution in [-0.2, 0) is 6.54 Å². The molecule has 0 unspecified atom stereocenters. The second-order valence-electron chi connectivity index (χ2n) is 3.50. The van der Waals surface area contributed by atoms with Gasteiger partial charge in [0.1, 0.15) is 5.76 Å². The van der Waals surface area contributed by atoms with E-state index in [9.17, 15) is 13.2 Å². The maximum Gasteiger partial charge on any atom is 0.251 e. The molecule has 0 aromatic carbocycles. The lowest BCUT2D eigenvalue weighted by molar-refractivity contribution is 0.460. The Morgan fingerprint density at radius 3 is 2.71 bits per heavy atom. The average Bonchev–Trinajstić information content (AvgIpc) is 2.76. The summed E-state index contributed by atoms with van der Waals surface area (Å²) in [7, 11) is 1.51. The minimum Gasteiger partial charge on any atom is -0.467 e. The zero-order valence-electron chi connectivity index (χ0n) is 8.95. The average molecular weight is 242 g/mol. The van der Waals surface area contributed by atoms with Crippen molar-refractivity contribution in [3.63, 3.8) is 0 Å². The van der Waals surface area contributed by atoms with Crippen molar-refractivity contribution in [1.29, 1.82) is 0 Å². The van der Waals surface area contributed by atoms with Crippen molar-refractivity contribution in [3.05, 3.63) is 47.8 Å². The molecule has 2 heterocycles. The maximum atomic E-state index is 13.4. The van der Waals surface area contributed by atoms with Crippen molar-refractivity contribution >= 4 is 5.82 Å². The van der Waals surface area contributed by atoms with Gasteiger partial charge in [-0.1, -0.05) is 0 Å². The Morgan fingerprint density at radius 2 is 2.06 bits per heavy atom. The molecular weight excluding hydrogens is 233 g/mol. The van der Waals surface area contributed by atoms with Crippen LogP contribution in [0.2, 0.25) is 0 Å². The Morgan fingerprint density at radius 1 is 1.29 bits per heavy atom. The fourth-order valence-corrected chi connectivity index (χ4v) is 1.41. The van der Waals surface area contributed by atoms with Crippen molar-refractivity contribution in [2.24, 2.45) is 0 Å². The predicted octanol–water partition coefficient (Wildman–Crippen LogP) is 2.73. The number of halogens is 3. The molecule has 0 N–H and O–H groups in total. The van der Waals surface area contributed by atoms with Gasteiger partial charge in [-0.25, -0.2) is 8.78 Å². The third kappa shape index (κ3) is 2.41. The van der Waals surface area contributed by atoms with Crippen LogP contribution < -0.4 is 4.90 Å². The van der Waals surface area contributed by atoms with Crippen LogP contribution in [0.5, 0.6) is 0 Å². The molecule has 0 atom stereocenters. The number of aromatic nitrogens is 1. The second kappa shape index (κ2) is 4.48. The lowest BCUT2D eigenvalue weighted by Gasteiger charge is -2.17. The first kappa shape index (κ1) is 11.5. The summed E-state index contributed by atoms with van der Waals surface area (Å²) in [6.45, 7) is 0.210. The first-order valence-electron chi connectivity index (χ1n) is 4.83. The molecule has 2 aromatic heterocycles. The maximum absolute atomic E-state index is 13.4. The number of anilines is 1.